The first kappa shape index (κ1) is 12.1. The lowest BCUT2D eigenvalue weighted by atomic mass is 10.1. The molecule has 0 saturated heterocycles. The number of benzene rings is 1. The van der Waals surface area contributed by atoms with Crippen molar-refractivity contribution in [2.45, 2.75) is 6.54 Å². The van der Waals surface area contributed by atoms with Crippen LogP contribution in [0.5, 0.6) is 0 Å². The average molecular weight is 346 g/mol. The molecule has 0 radical (unpaired) electrons. The summed E-state index contributed by atoms with van der Waals surface area (Å²) in [6, 6.07) is 7.43. The second-order valence-electron chi connectivity index (χ2n) is 4.73. The third kappa shape index (κ3) is 1.50. The van der Waals surface area contributed by atoms with Crippen molar-refractivity contribution in [3.63, 3.8) is 0 Å². The summed E-state index contributed by atoms with van der Waals surface area (Å²) in [4.78, 5) is 26.5. The zero-order valence-corrected chi connectivity index (χ0v) is 12.6. The van der Waals surface area contributed by atoms with Crippen molar-refractivity contribution in [3.05, 3.63) is 61.8 Å². The lowest BCUT2D eigenvalue weighted by Gasteiger charge is -2.16. The Kier molecular flexibility index (Phi) is 2.49. The van der Waals surface area contributed by atoms with E-state index in [1.807, 2.05) is 23.6 Å². The molecule has 3 heterocycles. The smallest absolute Gasteiger partial charge is 0.259 e. The standard InChI is InChI=1S/C15H8BrNO2S/c16-14-10-6-17-12(5-13(18)11(10)7-20-14)8-3-1-2-4-9(8)15(17)19/h1-5,7H,6H2. The number of ketones is 1. The van der Waals surface area contributed by atoms with Gasteiger partial charge in [0.15, 0.2) is 5.78 Å². The fraction of sp³-hybridized carbons (Fsp3) is 0.0667. The first-order chi connectivity index (χ1) is 9.66. The number of hydrogen-bond donors (Lipinski definition) is 0. The number of carbonyl (C=O) groups is 2. The minimum absolute atomic E-state index is 0.0365. The summed E-state index contributed by atoms with van der Waals surface area (Å²) in [6.07, 6.45) is 1.58. The van der Waals surface area contributed by atoms with Gasteiger partial charge in [0.25, 0.3) is 5.91 Å². The molecule has 0 aliphatic carbocycles. The van der Waals surface area contributed by atoms with Crippen molar-refractivity contribution >= 4 is 44.7 Å². The average Bonchev–Trinajstić information content (AvgIpc) is 2.88. The van der Waals surface area contributed by atoms with E-state index in [4.69, 9.17) is 0 Å². The quantitative estimate of drug-likeness (QED) is 0.729. The number of thiophene rings is 1. The highest BCUT2D eigenvalue weighted by Gasteiger charge is 2.36. The lowest BCUT2D eigenvalue weighted by Crippen LogP contribution is -2.22. The molecule has 5 heteroatoms. The maximum absolute atomic E-state index is 12.5. The number of hydrogen-bond acceptors (Lipinski definition) is 3. The molecule has 0 spiro atoms. The first-order valence-corrected chi connectivity index (χ1v) is 7.77. The maximum atomic E-state index is 12.5. The first-order valence-electron chi connectivity index (χ1n) is 6.10. The zero-order chi connectivity index (χ0) is 13.9. The molecule has 0 bridgehead atoms. The second kappa shape index (κ2) is 4.14. The van der Waals surface area contributed by atoms with Crippen LogP contribution in [0.3, 0.4) is 0 Å². The normalized spacial score (nSPS) is 16.4. The number of halogens is 1. The second-order valence-corrected chi connectivity index (χ2v) is 6.93. The number of rotatable bonds is 0. The van der Waals surface area contributed by atoms with Gasteiger partial charge in [0.1, 0.15) is 0 Å². The number of carbonyl (C=O) groups excluding carboxylic acids is 2. The fourth-order valence-corrected chi connectivity index (χ4v) is 4.09. The van der Waals surface area contributed by atoms with Crippen molar-refractivity contribution in [1.82, 2.24) is 4.90 Å². The maximum Gasteiger partial charge on any atom is 0.259 e. The Bertz CT molecular complexity index is 806. The molecule has 3 nitrogen and oxygen atoms in total. The molecule has 2 aromatic rings. The minimum Gasteiger partial charge on any atom is -0.303 e. The van der Waals surface area contributed by atoms with Crippen LogP contribution in [-0.2, 0) is 6.54 Å². The van der Waals surface area contributed by atoms with Gasteiger partial charge < -0.3 is 4.90 Å². The molecule has 20 heavy (non-hydrogen) atoms. The molecule has 1 aromatic carbocycles. The van der Waals surface area contributed by atoms with Gasteiger partial charge in [0.05, 0.1) is 16.0 Å². The van der Waals surface area contributed by atoms with Gasteiger partial charge in [0, 0.05) is 33.7 Å². The molecule has 1 amide bonds. The Morgan fingerprint density at radius 3 is 2.65 bits per heavy atom. The van der Waals surface area contributed by atoms with E-state index < -0.39 is 0 Å². The Morgan fingerprint density at radius 2 is 1.85 bits per heavy atom. The van der Waals surface area contributed by atoms with E-state index in [1.54, 1.807) is 17.0 Å². The molecule has 0 fully saturated rings. The van der Waals surface area contributed by atoms with Gasteiger partial charge in [0.2, 0.25) is 0 Å². The molecular weight excluding hydrogens is 338 g/mol. The highest BCUT2D eigenvalue weighted by atomic mass is 79.9. The molecule has 0 saturated carbocycles. The Morgan fingerprint density at radius 1 is 1.10 bits per heavy atom. The number of amides is 1. The molecule has 0 N–H and O–H groups in total. The molecule has 0 atom stereocenters. The van der Waals surface area contributed by atoms with E-state index in [1.165, 1.54) is 11.3 Å². The van der Waals surface area contributed by atoms with Crippen molar-refractivity contribution < 1.29 is 9.59 Å². The Balaban J connectivity index is 1.95. The predicted molar refractivity (Wildman–Crippen MR) is 80.6 cm³/mol. The van der Waals surface area contributed by atoms with Gasteiger partial charge in [-0.3, -0.25) is 9.59 Å². The minimum atomic E-state index is -0.0380. The van der Waals surface area contributed by atoms with E-state index in [0.29, 0.717) is 23.4 Å². The fourth-order valence-electron chi connectivity index (χ4n) is 2.68. The summed E-state index contributed by atoms with van der Waals surface area (Å²) in [6.45, 7) is 0.435. The van der Waals surface area contributed by atoms with Gasteiger partial charge in [-0.25, -0.2) is 0 Å². The van der Waals surface area contributed by atoms with Crippen molar-refractivity contribution in [3.8, 4) is 0 Å². The van der Waals surface area contributed by atoms with Crippen LogP contribution in [0.4, 0.5) is 0 Å². The molecule has 4 rings (SSSR count). The van der Waals surface area contributed by atoms with E-state index in [2.05, 4.69) is 15.9 Å². The Labute approximate surface area is 127 Å². The topological polar surface area (TPSA) is 37.4 Å². The van der Waals surface area contributed by atoms with Crippen LogP contribution in [0.2, 0.25) is 0 Å². The van der Waals surface area contributed by atoms with Gasteiger partial charge in [-0.05, 0) is 22.0 Å². The Hall–Kier alpha value is -1.72. The van der Waals surface area contributed by atoms with Crippen LogP contribution in [0, 0.1) is 0 Å². The summed E-state index contributed by atoms with van der Waals surface area (Å²) in [5.41, 5.74) is 3.81. The van der Waals surface area contributed by atoms with Crippen molar-refractivity contribution in [2.24, 2.45) is 0 Å². The van der Waals surface area contributed by atoms with Gasteiger partial charge in [-0.2, -0.15) is 0 Å². The van der Waals surface area contributed by atoms with Gasteiger partial charge in [-0.1, -0.05) is 18.2 Å². The molecule has 0 unspecified atom stereocenters. The summed E-state index contributed by atoms with van der Waals surface area (Å²) in [5.74, 6) is -0.0745. The van der Waals surface area contributed by atoms with Crippen molar-refractivity contribution in [2.75, 3.05) is 0 Å². The summed E-state index contributed by atoms with van der Waals surface area (Å²) >= 11 is 4.95. The van der Waals surface area contributed by atoms with Gasteiger partial charge in [-0.15, -0.1) is 11.3 Å². The molecule has 1 aromatic heterocycles. The van der Waals surface area contributed by atoms with E-state index in [0.717, 1.165) is 14.9 Å². The van der Waals surface area contributed by atoms with Gasteiger partial charge >= 0.3 is 0 Å². The van der Waals surface area contributed by atoms with Crippen LogP contribution in [0.25, 0.3) is 5.70 Å². The molecule has 2 aliphatic heterocycles. The van der Waals surface area contributed by atoms with Crippen molar-refractivity contribution in [1.29, 1.82) is 0 Å². The number of fused-ring (bicyclic) bond motifs is 4. The van der Waals surface area contributed by atoms with Crippen LogP contribution in [-0.4, -0.2) is 16.6 Å². The third-order valence-corrected chi connectivity index (χ3v) is 5.51. The molecular formula is C15H8BrNO2S. The van der Waals surface area contributed by atoms with Crippen LogP contribution < -0.4 is 0 Å². The number of nitrogens with zero attached hydrogens (tertiary/aromatic N) is 1. The summed E-state index contributed by atoms with van der Waals surface area (Å²) in [5, 5.41) is 1.84. The molecule has 2 aliphatic rings. The van der Waals surface area contributed by atoms with Crippen LogP contribution in [0.15, 0.2) is 39.5 Å². The highest BCUT2D eigenvalue weighted by molar-refractivity contribution is 9.11. The number of allylic oxidation sites excluding steroid dienone is 1. The van der Waals surface area contributed by atoms with Crippen LogP contribution >= 0.6 is 27.3 Å². The SMILES string of the molecule is O=C1C=C2c3ccccc3C(=O)N2Cc2c1csc2Br. The van der Waals surface area contributed by atoms with E-state index in [9.17, 15) is 9.59 Å². The lowest BCUT2D eigenvalue weighted by molar-refractivity contribution is 0.0843. The molecule has 98 valence electrons. The predicted octanol–water partition coefficient (Wildman–Crippen LogP) is 3.70. The summed E-state index contributed by atoms with van der Waals surface area (Å²) < 4.78 is 0.916. The zero-order valence-electron chi connectivity index (χ0n) is 10.2. The largest absolute Gasteiger partial charge is 0.303 e. The highest BCUT2D eigenvalue weighted by Crippen LogP contribution is 2.39. The summed E-state index contributed by atoms with van der Waals surface area (Å²) in [7, 11) is 0. The van der Waals surface area contributed by atoms with E-state index in [-0.39, 0.29) is 11.7 Å². The van der Waals surface area contributed by atoms with E-state index >= 15 is 0 Å². The third-order valence-electron chi connectivity index (χ3n) is 3.66. The monoisotopic (exact) mass is 345 g/mol. The van der Waals surface area contributed by atoms with Crippen LogP contribution in [0.1, 0.15) is 31.8 Å².